The number of fused-ring (bicyclic) bond motifs is 1. The third kappa shape index (κ3) is 6.64. The van der Waals surface area contributed by atoms with Crippen LogP contribution in [0.3, 0.4) is 0 Å². The van der Waals surface area contributed by atoms with E-state index in [9.17, 15) is 9.59 Å². The third-order valence-electron chi connectivity index (χ3n) is 5.34. The van der Waals surface area contributed by atoms with E-state index < -0.39 is 5.92 Å². The Balaban J connectivity index is 1.69. The molecular weight excluding hydrogens is 438 g/mol. The summed E-state index contributed by atoms with van der Waals surface area (Å²) in [6, 6.07) is 19.3. The standard InChI is InChI=1S/C25H31N3O2S2/c1-27(2)14-16-32-31-15-13-26-25(30)21(18-24(29)19-9-5-4-6-10-19)23-17-20-11-7-8-12-22(20)28(23)3/h4-12,17,21H,13-16,18H2,1-3H3,(H,26,30). The molecule has 0 fully saturated rings. The van der Waals surface area contributed by atoms with Crippen molar-refractivity contribution in [2.75, 3.05) is 38.7 Å². The van der Waals surface area contributed by atoms with Crippen LogP contribution in [0.15, 0.2) is 60.7 Å². The van der Waals surface area contributed by atoms with Gasteiger partial charge in [-0.15, -0.1) is 0 Å². The first kappa shape index (κ1) is 24.4. The van der Waals surface area contributed by atoms with Crippen LogP contribution in [0, 0.1) is 0 Å². The highest BCUT2D eigenvalue weighted by atomic mass is 33.1. The Bertz CT molecular complexity index is 1030. The van der Waals surface area contributed by atoms with Gasteiger partial charge in [0.25, 0.3) is 0 Å². The summed E-state index contributed by atoms with van der Waals surface area (Å²) in [7, 11) is 9.67. The maximum absolute atomic E-state index is 13.2. The molecule has 1 atom stereocenters. The average molecular weight is 470 g/mol. The summed E-state index contributed by atoms with van der Waals surface area (Å²) in [6.45, 7) is 1.62. The van der Waals surface area contributed by atoms with E-state index in [1.165, 1.54) is 0 Å². The molecule has 3 aromatic rings. The Kier molecular flexibility index (Phi) is 9.26. The molecule has 2 aromatic carbocycles. The monoisotopic (exact) mass is 469 g/mol. The molecule has 0 aliphatic heterocycles. The lowest BCUT2D eigenvalue weighted by Crippen LogP contribution is -2.33. The third-order valence-corrected chi connectivity index (χ3v) is 7.72. The summed E-state index contributed by atoms with van der Waals surface area (Å²) >= 11 is 0. The van der Waals surface area contributed by atoms with Crippen LogP contribution in [0.2, 0.25) is 0 Å². The van der Waals surface area contributed by atoms with E-state index in [0.717, 1.165) is 34.6 Å². The van der Waals surface area contributed by atoms with E-state index in [-0.39, 0.29) is 18.1 Å². The number of nitrogens with zero attached hydrogens (tertiary/aromatic N) is 2. The summed E-state index contributed by atoms with van der Waals surface area (Å²) in [6.07, 6.45) is 0.144. The lowest BCUT2D eigenvalue weighted by Gasteiger charge is -2.18. The van der Waals surface area contributed by atoms with Crippen LogP contribution in [0.25, 0.3) is 10.9 Å². The van der Waals surface area contributed by atoms with Crippen LogP contribution in [0.1, 0.15) is 28.4 Å². The van der Waals surface area contributed by atoms with Gasteiger partial charge in [0, 0.05) is 54.8 Å². The predicted molar refractivity (Wildman–Crippen MR) is 138 cm³/mol. The lowest BCUT2D eigenvalue weighted by atomic mass is 9.94. The van der Waals surface area contributed by atoms with Crippen molar-refractivity contribution in [3.05, 3.63) is 71.9 Å². The molecule has 0 spiro atoms. The number of para-hydroxylation sites is 1. The van der Waals surface area contributed by atoms with Gasteiger partial charge in [-0.3, -0.25) is 9.59 Å². The molecule has 170 valence electrons. The fourth-order valence-corrected chi connectivity index (χ4v) is 5.62. The highest BCUT2D eigenvalue weighted by Gasteiger charge is 2.27. The normalized spacial score (nSPS) is 12.2. The van der Waals surface area contributed by atoms with Crippen LogP contribution < -0.4 is 5.32 Å². The lowest BCUT2D eigenvalue weighted by molar-refractivity contribution is -0.122. The Hall–Kier alpha value is -2.22. The largest absolute Gasteiger partial charge is 0.355 e. The molecule has 1 amide bonds. The van der Waals surface area contributed by atoms with E-state index in [0.29, 0.717) is 12.1 Å². The van der Waals surface area contributed by atoms with Crippen molar-refractivity contribution in [2.24, 2.45) is 7.05 Å². The Morgan fingerprint density at radius 1 is 1.00 bits per heavy atom. The number of benzene rings is 2. The van der Waals surface area contributed by atoms with Crippen molar-refractivity contribution >= 4 is 44.2 Å². The van der Waals surface area contributed by atoms with Gasteiger partial charge in [0.1, 0.15) is 0 Å². The number of Topliss-reactive ketones (excluding diaryl/α,β-unsaturated/α-hetero) is 1. The van der Waals surface area contributed by atoms with E-state index in [1.807, 2.05) is 70.9 Å². The maximum atomic E-state index is 13.2. The quantitative estimate of drug-likeness (QED) is 0.239. The molecule has 0 saturated heterocycles. The summed E-state index contributed by atoms with van der Waals surface area (Å²) < 4.78 is 2.03. The van der Waals surface area contributed by atoms with Crippen LogP contribution >= 0.6 is 21.6 Å². The highest BCUT2D eigenvalue weighted by Crippen LogP contribution is 2.28. The topological polar surface area (TPSA) is 54.3 Å². The van der Waals surface area contributed by atoms with E-state index >= 15 is 0 Å². The minimum atomic E-state index is -0.536. The number of carbonyl (C=O) groups is 2. The second kappa shape index (κ2) is 12.1. The SMILES string of the molecule is CN(C)CCSSCCNC(=O)C(CC(=O)c1ccccc1)c1cc2ccccc2n1C. The van der Waals surface area contributed by atoms with Gasteiger partial charge in [-0.2, -0.15) is 0 Å². The molecule has 0 saturated carbocycles. The first-order valence-corrected chi connectivity index (χ1v) is 13.3. The van der Waals surface area contributed by atoms with Gasteiger partial charge in [-0.25, -0.2) is 0 Å². The summed E-state index contributed by atoms with van der Waals surface area (Å²) in [5.74, 6) is 1.23. The number of hydrogen-bond donors (Lipinski definition) is 1. The number of rotatable bonds is 12. The van der Waals surface area contributed by atoms with Crippen LogP contribution in [0.5, 0.6) is 0 Å². The van der Waals surface area contributed by atoms with Crippen LogP contribution in [0.4, 0.5) is 0 Å². The molecule has 1 heterocycles. The van der Waals surface area contributed by atoms with Crippen molar-refractivity contribution in [1.29, 1.82) is 0 Å². The van der Waals surface area contributed by atoms with E-state index in [1.54, 1.807) is 22.9 Å². The van der Waals surface area contributed by atoms with Gasteiger partial charge >= 0.3 is 0 Å². The molecule has 0 aliphatic carbocycles. The number of nitrogens with one attached hydrogen (secondary N) is 1. The molecule has 1 aromatic heterocycles. The fraction of sp³-hybridized carbons (Fsp3) is 0.360. The minimum absolute atomic E-state index is 0.0235. The van der Waals surface area contributed by atoms with Crippen molar-refractivity contribution in [2.45, 2.75) is 12.3 Å². The molecule has 0 aliphatic rings. The predicted octanol–water partition coefficient (Wildman–Crippen LogP) is 4.59. The second-order valence-corrected chi connectivity index (χ2v) is 10.7. The summed E-state index contributed by atoms with van der Waals surface area (Å²) in [4.78, 5) is 28.3. The van der Waals surface area contributed by atoms with Crippen LogP contribution in [-0.2, 0) is 11.8 Å². The molecular formula is C25H31N3O2S2. The minimum Gasteiger partial charge on any atom is -0.355 e. The Morgan fingerprint density at radius 2 is 1.69 bits per heavy atom. The zero-order valence-electron chi connectivity index (χ0n) is 18.9. The number of amides is 1. The van der Waals surface area contributed by atoms with Gasteiger partial charge in [0.15, 0.2) is 5.78 Å². The molecule has 7 heteroatoms. The first-order chi connectivity index (χ1) is 15.5. The number of aromatic nitrogens is 1. The van der Waals surface area contributed by atoms with E-state index in [2.05, 4.69) is 24.3 Å². The maximum Gasteiger partial charge on any atom is 0.229 e. The summed E-state index contributed by atoms with van der Waals surface area (Å²) in [5, 5.41) is 4.13. The Labute approximate surface area is 198 Å². The second-order valence-electron chi connectivity index (χ2n) is 7.97. The number of ketones is 1. The van der Waals surface area contributed by atoms with Gasteiger partial charge in [-0.1, -0.05) is 70.1 Å². The Morgan fingerprint density at radius 3 is 2.41 bits per heavy atom. The van der Waals surface area contributed by atoms with Crippen molar-refractivity contribution in [3.63, 3.8) is 0 Å². The van der Waals surface area contributed by atoms with Crippen molar-refractivity contribution in [1.82, 2.24) is 14.8 Å². The van der Waals surface area contributed by atoms with Crippen molar-refractivity contribution < 1.29 is 9.59 Å². The zero-order chi connectivity index (χ0) is 22.9. The molecule has 0 radical (unpaired) electrons. The van der Waals surface area contributed by atoms with Gasteiger partial charge in [0.2, 0.25) is 5.91 Å². The molecule has 5 nitrogen and oxygen atoms in total. The fourth-order valence-electron chi connectivity index (χ4n) is 3.58. The summed E-state index contributed by atoms with van der Waals surface area (Å²) in [5.41, 5.74) is 2.55. The molecule has 3 rings (SSSR count). The number of hydrogen-bond acceptors (Lipinski definition) is 5. The average Bonchev–Trinajstić information content (AvgIpc) is 3.13. The molecule has 1 unspecified atom stereocenters. The van der Waals surface area contributed by atoms with Gasteiger partial charge in [-0.05, 0) is 31.6 Å². The molecule has 32 heavy (non-hydrogen) atoms. The zero-order valence-corrected chi connectivity index (χ0v) is 20.5. The van der Waals surface area contributed by atoms with Gasteiger partial charge in [0.05, 0.1) is 5.92 Å². The smallest absolute Gasteiger partial charge is 0.229 e. The highest BCUT2D eigenvalue weighted by molar-refractivity contribution is 8.76. The van der Waals surface area contributed by atoms with Crippen molar-refractivity contribution in [3.8, 4) is 0 Å². The van der Waals surface area contributed by atoms with E-state index in [4.69, 9.17) is 0 Å². The van der Waals surface area contributed by atoms with Crippen LogP contribution in [-0.4, -0.2) is 59.8 Å². The van der Waals surface area contributed by atoms with Gasteiger partial charge < -0.3 is 14.8 Å². The number of carbonyl (C=O) groups excluding carboxylic acids is 2. The number of aryl methyl sites for hydroxylation is 1. The molecule has 0 bridgehead atoms. The first-order valence-electron chi connectivity index (χ1n) is 10.8. The molecule has 1 N–H and O–H groups in total.